The fourth-order valence-corrected chi connectivity index (χ4v) is 3.47. The number of aromatic nitrogens is 1. The van der Waals surface area contributed by atoms with Gasteiger partial charge in [-0.1, -0.05) is 6.07 Å². The largest absolute Gasteiger partial charge is 0.317 e. The second-order valence-electron chi connectivity index (χ2n) is 5.72. The van der Waals surface area contributed by atoms with Crippen molar-refractivity contribution in [3.05, 3.63) is 64.0 Å². The highest BCUT2D eigenvalue weighted by atomic mass is 32.2. The van der Waals surface area contributed by atoms with Crippen LogP contribution in [0.4, 0.5) is 5.69 Å². The Labute approximate surface area is 157 Å². The van der Waals surface area contributed by atoms with E-state index >= 15 is 0 Å². The van der Waals surface area contributed by atoms with Crippen molar-refractivity contribution in [3.8, 4) is 5.69 Å². The Kier molecular flexibility index (Phi) is 3.96. The first-order valence-electron chi connectivity index (χ1n) is 7.83. The molecule has 1 amide bonds. The van der Waals surface area contributed by atoms with Gasteiger partial charge in [0.15, 0.2) is 5.84 Å². The van der Waals surface area contributed by atoms with Crippen molar-refractivity contribution in [3.63, 3.8) is 0 Å². The topological polar surface area (TPSA) is 117 Å². The second-order valence-corrected chi connectivity index (χ2v) is 6.88. The van der Waals surface area contributed by atoms with Gasteiger partial charge in [0, 0.05) is 24.0 Å². The summed E-state index contributed by atoms with van der Waals surface area (Å²) in [5, 5.41) is 25.9. The zero-order valence-corrected chi connectivity index (χ0v) is 14.8. The molecule has 2 aliphatic heterocycles. The lowest BCUT2D eigenvalue weighted by Gasteiger charge is -2.20. The van der Waals surface area contributed by atoms with Crippen LogP contribution in [0.2, 0.25) is 0 Å². The summed E-state index contributed by atoms with van der Waals surface area (Å²) in [6.45, 7) is 1.78. The smallest absolute Gasteiger partial charge is 0.283 e. The van der Waals surface area contributed by atoms with Gasteiger partial charge < -0.3 is 4.57 Å². The SMILES string of the molecule is CC1=NN2C(=N)/C(=C/c3cccn3-c3cccc([N+](=O)[O-])c3)C(=O)N=C2S1. The molecule has 0 unspecified atom stereocenters. The predicted octanol–water partition coefficient (Wildman–Crippen LogP) is 3.02. The average molecular weight is 380 g/mol. The number of amidine groups is 2. The number of fused-ring (bicyclic) bond motifs is 1. The molecule has 0 saturated carbocycles. The summed E-state index contributed by atoms with van der Waals surface area (Å²) >= 11 is 1.24. The van der Waals surface area contributed by atoms with Crippen LogP contribution in [-0.2, 0) is 4.79 Å². The molecule has 4 rings (SSSR count). The Morgan fingerprint density at radius 2 is 2.11 bits per heavy atom. The second kappa shape index (κ2) is 6.32. The molecule has 1 aromatic carbocycles. The molecule has 0 bridgehead atoms. The third kappa shape index (κ3) is 2.95. The van der Waals surface area contributed by atoms with Crippen molar-refractivity contribution in [2.75, 3.05) is 0 Å². The highest BCUT2D eigenvalue weighted by molar-refractivity contribution is 8.26. The van der Waals surface area contributed by atoms with Gasteiger partial charge in [-0.3, -0.25) is 20.3 Å². The molecule has 0 spiro atoms. The fraction of sp³-hybridized carbons (Fsp3) is 0.0588. The first-order valence-corrected chi connectivity index (χ1v) is 8.65. The maximum atomic E-state index is 12.4. The lowest BCUT2D eigenvalue weighted by molar-refractivity contribution is -0.384. The number of carbonyl (C=O) groups is 1. The van der Waals surface area contributed by atoms with E-state index in [1.807, 2.05) is 0 Å². The quantitative estimate of drug-likeness (QED) is 0.499. The standard InChI is InChI=1S/C17H12N6O3S/c1-10-20-22-15(18)14(16(24)19-17(22)27-10)9-12-6-3-7-21(12)11-4-2-5-13(8-11)23(25)26/h2-9,18H,1H3/b14-9-,18-15?. The first-order chi connectivity index (χ1) is 12.9. The molecule has 2 aromatic rings. The number of nitrogens with one attached hydrogen (secondary N) is 1. The van der Waals surface area contributed by atoms with Gasteiger partial charge in [-0.05, 0) is 43.0 Å². The van der Waals surface area contributed by atoms with Crippen LogP contribution in [0.1, 0.15) is 12.6 Å². The summed E-state index contributed by atoms with van der Waals surface area (Å²) in [4.78, 5) is 26.9. The van der Waals surface area contributed by atoms with Gasteiger partial charge in [-0.2, -0.15) is 15.1 Å². The van der Waals surface area contributed by atoms with Gasteiger partial charge in [0.05, 0.1) is 21.2 Å². The number of benzene rings is 1. The van der Waals surface area contributed by atoms with E-state index in [-0.39, 0.29) is 17.1 Å². The Hall–Kier alpha value is -3.53. The molecule has 134 valence electrons. The minimum atomic E-state index is -0.518. The fourth-order valence-electron chi connectivity index (χ4n) is 2.74. The molecule has 9 nitrogen and oxygen atoms in total. The number of hydrogen-bond donors (Lipinski definition) is 1. The van der Waals surface area contributed by atoms with E-state index in [4.69, 9.17) is 5.41 Å². The molecule has 27 heavy (non-hydrogen) atoms. The van der Waals surface area contributed by atoms with Gasteiger partial charge >= 0.3 is 0 Å². The average Bonchev–Trinajstić information content (AvgIpc) is 3.24. The highest BCUT2D eigenvalue weighted by Gasteiger charge is 2.34. The molecule has 1 aromatic heterocycles. The van der Waals surface area contributed by atoms with E-state index in [1.165, 1.54) is 35.0 Å². The first kappa shape index (κ1) is 16.9. The number of carbonyl (C=O) groups excluding carboxylic acids is 1. The number of thioether (sulfide) groups is 1. The van der Waals surface area contributed by atoms with E-state index in [1.54, 1.807) is 42.0 Å². The summed E-state index contributed by atoms with van der Waals surface area (Å²) in [6, 6.07) is 9.67. The van der Waals surface area contributed by atoms with Crippen LogP contribution in [0, 0.1) is 15.5 Å². The van der Waals surface area contributed by atoms with E-state index in [0.29, 0.717) is 21.6 Å². The van der Waals surface area contributed by atoms with Crippen molar-refractivity contribution in [1.82, 2.24) is 9.58 Å². The maximum absolute atomic E-state index is 12.4. The van der Waals surface area contributed by atoms with Crippen molar-refractivity contribution < 1.29 is 9.72 Å². The molecule has 10 heteroatoms. The molecule has 0 aliphatic carbocycles. The zero-order chi connectivity index (χ0) is 19.1. The Balaban J connectivity index is 1.76. The van der Waals surface area contributed by atoms with Crippen molar-refractivity contribution in [2.24, 2.45) is 10.1 Å². The summed E-state index contributed by atoms with van der Waals surface area (Å²) in [5.41, 5.74) is 1.23. The molecular weight excluding hydrogens is 368 g/mol. The van der Waals surface area contributed by atoms with E-state index in [0.717, 1.165) is 0 Å². The number of hydrogen-bond acceptors (Lipinski definition) is 6. The highest BCUT2D eigenvalue weighted by Crippen LogP contribution is 2.28. The summed E-state index contributed by atoms with van der Waals surface area (Å²) in [5.74, 6) is -0.573. The van der Waals surface area contributed by atoms with Crippen LogP contribution in [0.3, 0.4) is 0 Å². The zero-order valence-electron chi connectivity index (χ0n) is 14.0. The van der Waals surface area contributed by atoms with Crippen LogP contribution in [0.5, 0.6) is 0 Å². The van der Waals surface area contributed by atoms with Gasteiger partial charge in [0.25, 0.3) is 11.6 Å². The third-order valence-corrected chi connectivity index (χ3v) is 4.77. The number of amides is 1. The molecule has 0 atom stereocenters. The summed E-state index contributed by atoms with van der Waals surface area (Å²) < 4.78 is 1.70. The van der Waals surface area contributed by atoms with Crippen molar-refractivity contribution in [1.29, 1.82) is 5.41 Å². The van der Waals surface area contributed by atoms with Crippen LogP contribution in [-0.4, -0.2) is 36.5 Å². The Morgan fingerprint density at radius 1 is 1.30 bits per heavy atom. The van der Waals surface area contributed by atoms with Crippen LogP contribution in [0.25, 0.3) is 11.8 Å². The van der Waals surface area contributed by atoms with E-state index < -0.39 is 10.8 Å². The maximum Gasteiger partial charge on any atom is 0.283 e. The lowest BCUT2D eigenvalue weighted by Crippen LogP contribution is -2.35. The number of nitro groups is 1. The number of nitro benzene ring substituents is 1. The number of nitrogens with zero attached hydrogens (tertiary/aromatic N) is 5. The van der Waals surface area contributed by atoms with E-state index in [2.05, 4.69) is 10.1 Å². The molecule has 3 heterocycles. The third-order valence-electron chi connectivity index (χ3n) is 3.95. The molecule has 1 N–H and O–H groups in total. The minimum Gasteiger partial charge on any atom is -0.317 e. The Bertz CT molecular complexity index is 1100. The van der Waals surface area contributed by atoms with Gasteiger partial charge in [-0.15, -0.1) is 0 Å². The number of non-ortho nitro benzene ring substituents is 1. The van der Waals surface area contributed by atoms with Crippen LogP contribution in [0.15, 0.2) is 58.3 Å². The van der Waals surface area contributed by atoms with Crippen molar-refractivity contribution >= 4 is 45.5 Å². The Morgan fingerprint density at radius 3 is 2.89 bits per heavy atom. The van der Waals surface area contributed by atoms with Crippen molar-refractivity contribution in [2.45, 2.75) is 6.92 Å². The molecule has 0 fully saturated rings. The predicted molar refractivity (Wildman–Crippen MR) is 103 cm³/mol. The summed E-state index contributed by atoms with van der Waals surface area (Å²) in [7, 11) is 0. The number of aliphatic imine (C=N–C) groups is 1. The molecule has 0 saturated heterocycles. The summed E-state index contributed by atoms with van der Waals surface area (Å²) in [6.07, 6.45) is 3.27. The van der Waals surface area contributed by atoms with Crippen LogP contribution >= 0.6 is 11.8 Å². The molecular formula is C17H12N6O3S. The molecule has 2 aliphatic rings. The number of hydrazone groups is 1. The monoisotopic (exact) mass is 380 g/mol. The lowest BCUT2D eigenvalue weighted by atomic mass is 10.1. The van der Waals surface area contributed by atoms with E-state index in [9.17, 15) is 14.9 Å². The van der Waals surface area contributed by atoms with Gasteiger partial charge in [-0.25, -0.2) is 0 Å². The minimum absolute atomic E-state index is 0.0329. The number of rotatable bonds is 3. The normalized spacial score (nSPS) is 17.8. The molecule has 0 radical (unpaired) electrons. The van der Waals surface area contributed by atoms with Gasteiger partial charge in [0.1, 0.15) is 0 Å². The van der Waals surface area contributed by atoms with Gasteiger partial charge in [0.2, 0.25) is 5.17 Å². The van der Waals surface area contributed by atoms with Crippen LogP contribution < -0.4 is 0 Å².